The maximum atomic E-state index is 12.3. The number of rotatable bonds is 7. The lowest BCUT2D eigenvalue weighted by Crippen LogP contribution is -2.45. The number of carbonyl (C=O) groups is 1. The molecule has 0 bridgehead atoms. The number of hydrogen-bond donors (Lipinski definition) is 2. The minimum Gasteiger partial charge on any atom is -0.357 e. The molecule has 1 heterocycles. The Labute approximate surface area is 168 Å². The Kier molecular flexibility index (Phi) is 9.81. The maximum absolute atomic E-state index is 12.3. The standard InChI is InChI=1S/C18H29N5O.HI/c1-4-19-18(20-11-12-22(3)5-2)21-15-13-17(24)23(14-15)16-9-7-6-8-10-16;/h6-10,15H,4-5,11-14H2,1-3H3,(H2,19,20,21);1H. The smallest absolute Gasteiger partial charge is 0.229 e. The molecule has 0 spiro atoms. The summed E-state index contributed by atoms with van der Waals surface area (Å²) >= 11 is 0. The van der Waals surface area contributed by atoms with Gasteiger partial charge in [-0.15, -0.1) is 24.0 Å². The van der Waals surface area contributed by atoms with Crippen molar-refractivity contribution in [1.82, 2.24) is 15.5 Å². The fourth-order valence-corrected chi connectivity index (χ4v) is 2.67. The van der Waals surface area contributed by atoms with Crippen molar-refractivity contribution >= 4 is 41.5 Å². The lowest BCUT2D eigenvalue weighted by molar-refractivity contribution is -0.117. The van der Waals surface area contributed by atoms with E-state index in [1.807, 2.05) is 42.2 Å². The molecule has 1 saturated heterocycles. The van der Waals surface area contributed by atoms with Gasteiger partial charge in [0.25, 0.3) is 0 Å². The van der Waals surface area contributed by atoms with Crippen LogP contribution in [0.2, 0.25) is 0 Å². The normalized spacial score (nSPS) is 17.6. The predicted molar refractivity (Wildman–Crippen MR) is 115 cm³/mol. The molecule has 2 N–H and O–H groups in total. The number of likely N-dealkylation sites (N-methyl/N-ethyl adjacent to an activating group) is 1. The van der Waals surface area contributed by atoms with Crippen LogP contribution in [0, 0.1) is 0 Å². The fourth-order valence-electron chi connectivity index (χ4n) is 2.67. The van der Waals surface area contributed by atoms with E-state index >= 15 is 0 Å². The molecule has 25 heavy (non-hydrogen) atoms. The third-order valence-electron chi connectivity index (χ3n) is 4.17. The lowest BCUT2D eigenvalue weighted by Gasteiger charge is -2.19. The Morgan fingerprint density at radius 3 is 2.68 bits per heavy atom. The van der Waals surface area contributed by atoms with Gasteiger partial charge in [-0.3, -0.25) is 9.79 Å². The van der Waals surface area contributed by atoms with Gasteiger partial charge >= 0.3 is 0 Å². The Balaban J connectivity index is 0.00000312. The van der Waals surface area contributed by atoms with E-state index in [4.69, 9.17) is 0 Å². The zero-order chi connectivity index (χ0) is 17.4. The van der Waals surface area contributed by atoms with Crippen molar-refractivity contribution in [3.63, 3.8) is 0 Å². The second-order valence-corrected chi connectivity index (χ2v) is 6.04. The van der Waals surface area contributed by atoms with Gasteiger partial charge in [0.15, 0.2) is 5.96 Å². The van der Waals surface area contributed by atoms with Gasteiger partial charge in [-0.1, -0.05) is 25.1 Å². The molecule has 2 rings (SSSR count). The molecule has 1 aromatic rings. The van der Waals surface area contributed by atoms with Crippen LogP contribution >= 0.6 is 24.0 Å². The lowest BCUT2D eigenvalue weighted by atomic mass is 10.2. The second-order valence-electron chi connectivity index (χ2n) is 6.04. The molecule has 1 aromatic carbocycles. The van der Waals surface area contributed by atoms with E-state index < -0.39 is 0 Å². The molecular weight excluding hydrogens is 429 g/mol. The predicted octanol–water partition coefficient (Wildman–Crippen LogP) is 1.92. The molecule has 1 aliphatic rings. The van der Waals surface area contributed by atoms with E-state index in [2.05, 4.69) is 34.5 Å². The van der Waals surface area contributed by atoms with Crippen molar-refractivity contribution in [3.05, 3.63) is 30.3 Å². The largest absolute Gasteiger partial charge is 0.357 e. The van der Waals surface area contributed by atoms with Crippen LogP contribution in [-0.2, 0) is 4.79 Å². The number of amides is 1. The van der Waals surface area contributed by atoms with Crippen LogP contribution < -0.4 is 15.5 Å². The van der Waals surface area contributed by atoms with Gasteiger partial charge in [-0.2, -0.15) is 0 Å². The monoisotopic (exact) mass is 459 g/mol. The topological polar surface area (TPSA) is 60.0 Å². The number of guanidine groups is 1. The summed E-state index contributed by atoms with van der Waals surface area (Å²) in [7, 11) is 2.09. The van der Waals surface area contributed by atoms with Gasteiger partial charge in [0, 0.05) is 31.7 Å². The molecule has 0 radical (unpaired) electrons. The van der Waals surface area contributed by atoms with Crippen molar-refractivity contribution in [2.45, 2.75) is 26.3 Å². The summed E-state index contributed by atoms with van der Waals surface area (Å²) in [6.45, 7) is 8.33. The van der Waals surface area contributed by atoms with E-state index in [0.29, 0.717) is 13.0 Å². The third kappa shape index (κ3) is 6.81. The van der Waals surface area contributed by atoms with Crippen molar-refractivity contribution < 1.29 is 4.79 Å². The van der Waals surface area contributed by atoms with Crippen LogP contribution in [0.4, 0.5) is 5.69 Å². The Bertz CT molecular complexity index is 552. The summed E-state index contributed by atoms with van der Waals surface area (Å²) in [6.07, 6.45) is 0.494. The first kappa shape index (κ1) is 21.7. The van der Waals surface area contributed by atoms with Crippen LogP contribution in [0.25, 0.3) is 0 Å². The quantitative estimate of drug-likeness (QED) is 0.372. The molecule has 7 heteroatoms. The number of halogens is 1. The highest BCUT2D eigenvalue weighted by atomic mass is 127. The second kappa shape index (κ2) is 11.3. The maximum Gasteiger partial charge on any atom is 0.229 e. The molecule has 1 unspecified atom stereocenters. The molecule has 0 aliphatic carbocycles. The van der Waals surface area contributed by atoms with Gasteiger partial charge < -0.3 is 20.4 Å². The average Bonchev–Trinajstić information content (AvgIpc) is 2.96. The van der Waals surface area contributed by atoms with E-state index in [1.54, 1.807) is 0 Å². The number of aliphatic imine (C=N–C) groups is 1. The van der Waals surface area contributed by atoms with Crippen molar-refractivity contribution in [1.29, 1.82) is 0 Å². The number of para-hydroxylation sites is 1. The molecule has 140 valence electrons. The molecule has 1 fully saturated rings. The van der Waals surface area contributed by atoms with Crippen LogP contribution in [-0.4, -0.2) is 62.6 Å². The van der Waals surface area contributed by atoms with Crippen LogP contribution in [0.5, 0.6) is 0 Å². The Hall–Kier alpha value is -1.35. The Morgan fingerprint density at radius 1 is 1.32 bits per heavy atom. The summed E-state index contributed by atoms with van der Waals surface area (Å²) < 4.78 is 0. The number of nitrogens with one attached hydrogen (secondary N) is 2. The Morgan fingerprint density at radius 2 is 2.04 bits per heavy atom. The van der Waals surface area contributed by atoms with E-state index in [9.17, 15) is 4.79 Å². The SMILES string of the molecule is CCNC(=NCCN(C)CC)NC1CC(=O)N(c2ccccc2)C1.I. The van der Waals surface area contributed by atoms with E-state index in [-0.39, 0.29) is 35.9 Å². The first-order valence-electron chi connectivity index (χ1n) is 8.72. The van der Waals surface area contributed by atoms with Crippen molar-refractivity contribution in [2.24, 2.45) is 4.99 Å². The number of benzene rings is 1. The van der Waals surface area contributed by atoms with Crippen molar-refractivity contribution in [2.75, 3.05) is 44.7 Å². The highest BCUT2D eigenvalue weighted by Gasteiger charge is 2.30. The summed E-state index contributed by atoms with van der Waals surface area (Å²) in [5.74, 6) is 0.940. The highest BCUT2D eigenvalue weighted by Crippen LogP contribution is 2.20. The molecule has 1 amide bonds. The zero-order valence-electron chi connectivity index (χ0n) is 15.4. The van der Waals surface area contributed by atoms with Crippen molar-refractivity contribution in [3.8, 4) is 0 Å². The van der Waals surface area contributed by atoms with Gasteiger partial charge in [-0.25, -0.2) is 0 Å². The first-order chi connectivity index (χ1) is 11.6. The van der Waals surface area contributed by atoms with E-state index in [0.717, 1.165) is 37.8 Å². The fraction of sp³-hybridized carbons (Fsp3) is 0.556. The van der Waals surface area contributed by atoms with Gasteiger partial charge in [0.2, 0.25) is 5.91 Å². The molecule has 0 saturated carbocycles. The minimum atomic E-state index is 0. The van der Waals surface area contributed by atoms with E-state index in [1.165, 1.54) is 0 Å². The summed E-state index contributed by atoms with van der Waals surface area (Å²) in [4.78, 5) is 21.0. The molecule has 1 atom stereocenters. The van der Waals surface area contributed by atoms with Crippen LogP contribution in [0.15, 0.2) is 35.3 Å². The highest BCUT2D eigenvalue weighted by molar-refractivity contribution is 14.0. The molecular formula is C18H30IN5O. The molecule has 0 aromatic heterocycles. The minimum absolute atomic E-state index is 0. The summed E-state index contributed by atoms with van der Waals surface area (Å²) in [5, 5.41) is 6.66. The van der Waals surface area contributed by atoms with Crippen LogP contribution in [0.3, 0.4) is 0 Å². The number of anilines is 1. The first-order valence-corrected chi connectivity index (χ1v) is 8.72. The number of carbonyl (C=O) groups excluding carboxylic acids is 1. The van der Waals surface area contributed by atoms with Crippen LogP contribution in [0.1, 0.15) is 20.3 Å². The van der Waals surface area contributed by atoms with Gasteiger partial charge in [0.05, 0.1) is 12.6 Å². The van der Waals surface area contributed by atoms with Gasteiger partial charge in [-0.05, 0) is 32.6 Å². The molecule has 1 aliphatic heterocycles. The molecule has 6 nitrogen and oxygen atoms in total. The van der Waals surface area contributed by atoms with Gasteiger partial charge in [0.1, 0.15) is 0 Å². The summed E-state index contributed by atoms with van der Waals surface area (Å²) in [5.41, 5.74) is 0.957. The number of hydrogen-bond acceptors (Lipinski definition) is 3. The zero-order valence-corrected chi connectivity index (χ0v) is 17.7. The average molecular weight is 459 g/mol. The third-order valence-corrected chi connectivity index (χ3v) is 4.17. The number of nitrogens with zero attached hydrogens (tertiary/aromatic N) is 3. The summed E-state index contributed by atoms with van der Waals surface area (Å²) in [6, 6.07) is 9.90.